The minimum absolute atomic E-state index is 0.0698. The number of fused-ring (bicyclic) bond motifs is 2. The van der Waals surface area contributed by atoms with Gasteiger partial charge in [-0.05, 0) is 56.2 Å². The lowest BCUT2D eigenvalue weighted by molar-refractivity contribution is 0.0531. The minimum Gasteiger partial charge on any atom is -0.494 e. The van der Waals surface area contributed by atoms with Gasteiger partial charge < -0.3 is 13.9 Å². The number of unbranched alkanes of at least 4 members (excludes halogenated alkanes) is 2. The van der Waals surface area contributed by atoms with E-state index < -0.39 is 17.9 Å². The largest absolute Gasteiger partial charge is 0.494 e. The molecule has 4 aromatic rings. The van der Waals surface area contributed by atoms with Crippen LogP contribution in [-0.2, 0) is 4.74 Å². The lowest BCUT2D eigenvalue weighted by Crippen LogP contribution is -2.29. The number of thiazole rings is 1. The van der Waals surface area contributed by atoms with Gasteiger partial charge >= 0.3 is 5.97 Å². The Morgan fingerprint density at radius 1 is 1.15 bits per heavy atom. The van der Waals surface area contributed by atoms with E-state index in [1.165, 1.54) is 11.0 Å². The Labute approximate surface area is 234 Å². The highest BCUT2D eigenvalue weighted by Crippen LogP contribution is 2.44. The Kier molecular flexibility index (Phi) is 7.72. The molecule has 8 nitrogen and oxygen atoms in total. The number of ether oxygens (including phenoxy) is 2. The molecule has 1 amide bonds. The lowest BCUT2D eigenvalue weighted by Gasteiger charge is -2.23. The van der Waals surface area contributed by atoms with Crippen molar-refractivity contribution < 1.29 is 23.5 Å². The Bertz CT molecular complexity index is 1630. The first kappa shape index (κ1) is 26.9. The van der Waals surface area contributed by atoms with Gasteiger partial charge in [0, 0.05) is 5.02 Å². The van der Waals surface area contributed by atoms with Crippen LogP contribution in [-0.4, -0.2) is 30.1 Å². The molecule has 0 fully saturated rings. The summed E-state index contributed by atoms with van der Waals surface area (Å²) < 4.78 is 17.1. The van der Waals surface area contributed by atoms with E-state index in [0.29, 0.717) is 33.5 Å². The maximum Gasteiger partial charge on any atom is 0.350 e. The molecule has 0 aliphatic carbocycles. The summed E-state index contributed by atoms with van der Waals surface area (Å²) in [4.78, 5) is 46.5. The number of halogens is 1. The summed E-state index contributed by atoms with van der Waals surface area (Å²) >= 11 is 7.23. The van der Waals surface area contributed by atoms with Crippen molar-refractivity contribution in [1.82, 2.24) is 4.98 Å². The second-order valence-electron chi connectivity index (χ2n) is 9.15. The highest BCUT2D eigenvalue weighted by atomic mass is 35.5. The highest BCUT2D eigenvalue weighted by molar-refractivity contribution is 7.17. The van der Waals surface area contributed by atoms with Crippen LogP contribution in [0.5, 0.6) is 5.75 Å². The third-order valence-electron chi connectivity index (χ3n) is 6.47. The van der Waals surface area contributed by atoms with E-state index >= 15 is 0 Å². The van der Waals surface area contributed by atoms with E-state index in [2.05, 4.69) is 11.9 Å². The average Bonchev–Trinajstić information content (AvgIpc) is 3.44. The van der Waals surface area contributed by atoms with Crippen LogP contribution in [0.3, 0.4) is 0 Å². The zero-order chi connectivity index (χ0) is 27.7. The van der Waals surface area contributed by atoms with Crippen molar-refractivity contribution in [2.45, 2.75) is 46.1 Å². The molecule has 1 atom stereocenters. The highest BCUT2D eigenvalue weighted by Gasteiger charge is 2.45. The van der Waals surface area contributed by atoms with Crippen LogP contribution in [0.25, 0.3) is 11.0 Å². The molecule has 0 N–H and O–H groups in total. The topological polar surface area (TPSA) is 98.9 Å². The van der Waals surface area contributed by atoms with E-state index in [1.54, 1.807) is 26.0 Å². The van der Waals surface area contributed by atoms with Gasteiger partial charge in [-0.3, -0.25) is 14.5 Å². The lowest BCUT2D eigenvalue weighted by atomic mass is 9.98. The van der Waals surface area contributed by atoms with Crippen LogP contribution in [0.4, 0.5) is 5.13 Å². The number of amides is 1. The van der Waals surface area contributed by atoms with Crippen LogP contribution < -0.4 is 15.1 Å². The first-order valence-corrected chi connectivity index (χ1v) is 14.0. The van der Waals surface area contributed by atoms with Crippen molar-refractivity contribution in [3.05, 3.63) is 85.2 Å². The van der Waals surface area contributed by atoms with Crippen LogP contribution in [0.15, 0.2) is 51.7 Å². The third kappa shape index (κ3) is 5.04. The van der Waals surface area contributed by atoms with Crippen molar-refractivity contribution in [3.63, 3.8) is 0 Å². The number of rotatable bonds is 9. The molecule has 5 rings (SSSR count). The Balaban J connectivity index is 1.66. The number of carbonyl (C=O) groups is 2. The molecule has 0 radical (unpaired) electrons. The van der Waals surface area contributed by atoms with Crippen molar-refractivity contribution in [1.29, 1.82) is 0 Å². The number of aromatic nitrogens is 1. The third-order valence-corrected chi connectivity index (χ3v) is 7.85. The monoisotopic (exact) mass is 566 g/mol. The summed E-state index contributed by atoms with van der Waals surface area (Å²) in [5.41, 5.74) is 1.16. The summed E-state index contributed by atoms with van der Waals surface area (Å²) in [6.45, 7) is 6.29. The fraction of sp³-hybridized carbons (Fsp3) is 0.310. The van der Waals surface area contributed by atoms with Gasteiger partial charge in [-0.1, -0.05) is 54.8 Å². The molecule has 2 aromatic heterocycles. The summed E-state index contributed by atoms with van der Waals surface area (Å²) in [6, 6.07) is 11.2. The van der Waals surface area contributed by atoms with Crippen LogP contribution in [0.2, 0.25) is 5.02 Å². The standard InChI is InChI=1S/C29H27ClN2O6S/c1-4-6-7-13-37-19-10-8-9-17(14-19)23-22-24(33)20-15-18(30)11-12-21(20)38-25(22)27(34)32(23)29-31-16(3)26(39-29)28(35)36-5-2/h8-12,14-15,23H,4-7,13H2,1-3H3. The van der Waals surface area contributed by atoms with Crippen molar-refractivity contribution in [2.24, 2.45) is 0 Å². The fourth-order valence-corrected chi connectivity index (χ4v) is 5.81. The SMILES string of the molecule is CCCCCOc1cccc(C2c3c(oc4ccc(Cl)cc4c3=O)C(=O)N2c2nc(C)c(C(=O)OCC)s2)c1. The first-order valence-electron chi connectivity index (χ1n) is 12.8. The van der Waals surface area contributed by atoms with Crippen LogP contribution >= 0.6 is 22.9 Å². The number of hydrogen-bond acceptors (Lipinski definition) is 8. The van der Waals surface area contributed by atoms with E-state index in [1.807, 2.05) is 24.3 Å². The maximum absolute atomic E-state index is 13.9. The first-order chi connectivity index (χ1) is 18.8. The van der Waals surface area contributed by atoms with Crippen molar-refractivity contribution in [3.8, 4) is 5.75 Å². The predicted octanol–water partition coefficient (Wildman–Crippen LogP) is 6.71. The number of anilines is 1. The van der Waals surface area contributed by atoms with Gasteiger partial charge in [-0.2, -0.15) is 0 Å². The number of hydrogen-bond donors (Lipinski definition) is 0. The molecule has 0 saturated heterocycles. The molecule has 2 aromatic carbocycles. The molecular weight excluding hydrogens is 540 g/mol. The van der Waals surface area contributed by atoms with Crippen molar-refractivity contribution >= 4 is 50.9 Å². The van der Waals surface area contributed by atoms with Gasteiger partial charge in [0.2, 0.25) is 5.76 Å². The number of esters is 1. The number of nitrogens with zero attached hydrogens (tertiary/aromatic N) is 2. The zero-order valence-corrected chi connectivity index (χ0v) is 23.4. The molecule has 1 aliphatic heterocycles. The Hall–Kier alpha value is -3.69. The summed E-state index contributed by atoms with van der Waals surface area (Å²) in [7, 11) is 0. The van der Waals surface area contributed by atoms with Crippen LogP contribution in [0.1, 0.15) is 76.2 Å². The molecule has 1 unspecified atom stereocenters. The van der Waals surface area contributed by atoms with Gasteiger partial charge in [0.1, 0.15) is 16.2 Å². The summed E-state index contributed by atoms with van der Waals surface area (Å²) in [5, 5.41) is 0.910. The van der Waals surface area contributed by atoms with Gasteiger partial charge in [0.25, 0.3) is 5.91 Å². The Morgan fingerprint density at radius 3 is 2.74 bits per heavy atom. The molecule has 0 spiro atoms. The van der Waals surface area contributed by atoms with Crippen molar-refractivity contribution in [2.75, 3.05) is 18.1 Å². The molecule has 3 heterocycles. The van der Waals surface area contributed by atoms with Gasteiger partial charge in [-0.15, -0.1) is 0 Å². The molecule has 1 aliphatic rings. The Morgan fingerprint density at radius 2 is 1.97 bits per heavy atom. The number of aryl methyl sites for hydroxylation is 1. The van der Waals surface area contributed by atoms with E-state index in [0.717, 1.165) is 30.6 Å². The van der Waals surface area contributed by atoms with E-state index in [-0.39, 0.29) is 39.5 Å². The minimum atomic E-state index is -0.855. The molecule has 0 saturated carbocycles. The molecule has 0 bridgehead atoms. The normalized spacial score (nSPS) is 14.6. The predicted molar refractivity (Wildman–Crippen MR) is 150 cm³/mol. The smallest absolute Gasteiger partial charge is 0.350 e. The fourth-order valence-electron chi connectivity index (χ4n) is 4.65. The number of carbonyl (C=O) groups excluding carboxylic acids is 2. The van der Waals surface area contributed by atoms with Crippen LogP contribution in [0, 0.1) is 6.92 Å². The molecule has 10 heteroatoms. The molecule has 39 heavy (non-hydrogen) atoms. The van der Waals surface area contributed by atoms with E-state index in [4.69, 9.17) is 25.5 Å². The van der Waals surface area contributed by atoms with E-state index in [9.17, 15) is 14.4 Å². The zero-order valence-electron chi connectivity index (χ0n) is 21.8. The summed E-state index contributed by atoms with van der Waals surface area (Å²) in [5.74, 6) is -0.487. The molecule has 202 valence electrons. The average molecular weight is 567 g/mol. The maximum atomic E-state index is 13.9. The van der Waals surface area contributed by atoms with Gasteiger partial charge in [0.05, 0.1) is 35.9 Å². The van der Waals surface area contributed by atoms with Gasteiger partial charge in [0.15, 0.2) is 10.6 Å². The second-order valence-corrected chi connectivity index (χ2v) is 10.6. The van der Waals surface area contributed by atoms with Gasteiger partial charge in [-0.25, -0.2) is 9.78 Å². The second kappa shape index (κ2) is 11.2. The number of benzene rings is 2. The quantitative estimate of drug-likeness (QED) is 0.164. The summed E-state index contributed by atoms with van der Waals surface area (Å²) in [6.07, 6.45) is 3.05. The molecular formula is C29H27ClN2O6S.